The summed E-state index contributed by atoms with van der Waals surface area (Å²) in [5.74, 6) is -0.0243. The van der Waals surface area contributed by atoms with Gasteiger partial charge >= 0.3 is 5.97 Å². The molecule has 0 aliphatic carbocycles. The molecule has 5 heteroatoms. The Labute approximate surface area is 140 Å². The van der Waals surface area contributed by atoms with Crippen LogP contribution in [0.1, 0.15) is 29.3 Å². The van der Waals surface area contributed by atoms with Crippen LogP contribution in [0.15, 0.2) is 41.8 Å². The number of piperidine rings is 1. The van der Waals surface area contributed by atoms with E-state index in [1.807, 2.05) is 12.1 Å². The molecule has 1 unspecified atom stereocenters. The van der Waals surface area contributed by atoms with E-state index in [-0.39, 0.29) is 12.0 Å². The first-order chi connectivity index (χ1) is 11.2. The summed E-state index contributed by atoms with van der Waals surface area (Å²) in [6.07, 6.45) is 1.42. The Morgan fingerprint density at radius 3 is 2.70 bits per heavy atom. The van der Waals surface area contributed by atoms with Crippen LogP contribution in [-0.2, 0) is 4.79 Å². The third kappa shape index (κ3) is 3.57. The smallest absolute Gasteiger partial charge is 0.306 e. The van der Waals surface area contributed by atoms with E-state index in [9.17, 15) is 9.90 Å². The van der Waals surface area contributed by atoms with Crippen LogP contribution in [-0.4, -0.2) is 36.2 Å². The lowest BCUT2D eigenvalue weighted by atomic mass is 9.94. The van der Waals surface area contributed by atoms with Crippen molar-refractivity contribution in [3.8, 4) is 5.75 Å². The predicted octanol–water partition coefficient (Wildman–Crippen LogP) is 3.64. The molecule has 1 aliphatic rings. The summed E-state index contributed by atoms with van der Waals surface area (Å²) in [5.41, 5.74) is 1.19. The fourth-order valence-corrected chi connectivity index (χ4v) is 4.10. The van der Waals surface area contributed by atoms with E-state index >= 15 is 0 Å². The second kappa shape index (κ2) is 7.15. The topological polar surface area (TPSA) is 49.8 Å². The van der Waals surface area contributed by atoms with E-state index in [1.54, 1.807) is 18.4 Å². The molecule has 0 bridgehead atoms. The molecule has 1 saturated heterocycles. The van der Waals surface area contributed by atoms with Crippen LogP contribution in [0.3, 0.4) is 0 Å². The molecule has 1 aromatic carbocycles. The van der Waals surface area contributed by atoms with E-state index in [1.165, 1.54) is 10.4 Å². The third-order valence-electron chi connectivity index (χ3n) is 4.47. The van der Waals surface area contributed by atoms with Crippen molar-refractivity contribution < 1.29 is 14.6 Å². The molecule has 2 heterocycles. The normalized spacial score (nSPS) is 17.8. The average Bonchev–Trinajstić information content (AvgIpc) is 3.10. The Hall–Kier alpha value is -1.85. The van der Waals surface area contributed by atoms with Crippen LogP contribution in [0.5, 0.6) is 5.75 Å². The van der Waals surface area contributed by atoms with Gasteiger partial charge in [-0.3, -0.25) is 9.69 Å². The van der Waals surface area contributed by atoms with Crippen LogP contribution in [0.25, 0.3) is 0 Å². The van der Waals surface area contributed by atoms with Gasteiger partial charge in [0.2, 0.25) is 0 Å². The summed E-state index contributed by atoms with van der Waals surface area (Å²) in [6, 6.07) is 12.5. The minimum atomic E-state index is -0.668. The van der Waals surface area contributed by atoms with Gasteiger partial charge in [-0.05, 0) is 55.1 Å². The summed E-state index contributed by atoms with van der Waals surface area (Å²) in [6.45, 7) is 1.60. The van der Waals surface area contributed by atoms with Crippen molar-refractivity contribution in [3.63, 3.8) is 0 Å². The monoisotopic (exact) mass is 331 g/mol. The zero-order valence-corrected chi connectivity index (χ0v) is 14.0. The van der Waals surface area contributed by atoms with Crippen LogP contribution in [0.4, 0.5) is 0 Å². The van der Waals surface area contributed by atoms with Gasteiger partial charge in [0.1, 0.15) is 5.75 Å². The number of methoxy groups -OCH3 is 1. The Morgan fingerprint density at radius 1 is 1.30 bits per heavy atom. The minimum absolute atomic E-state index is 0.167. The van der Waals surface area contributed by atoms with Crippen LogP contribution >= 0.6 is 11.3 Å². The van der Waals surface area contributed by atoms with Crippen molar-refractivity contribution in [2.75, 3.05) is 20.2 Å². The van der Waals surface area contributed by atoms with E-state index in [2.05, 4.69) is 34.5 Å². The largest absolute Gasteiger partial charge is 0.497 e. The summed E-state index contributed by atoms with van der Waals surface area (Å²) >= 11 is 1.74. The summed E-state index contributed by atoms with van der Waals surface area (Å²) in [4.78, 5) is 14.9. The van der Waals surface area contributed by atoms with Gasteiger partial charge in [-0.25, -0.2) is 0 Å². The molecule has 23 heavy (non-hydrogen) atoms. The molecular weight excluding hydrogens is 310 g/mol. The lowest BCUT2D eigenvalue weighted by Crippen LogP contribution is -2.39. The molecule has 1 fully saturated rings. The number of thiophene rings is 1. The van der Waals surface area contributed by atoms with Crippen LogP contribution in [0.2, 0.25) is 0 Å². The zero-order chi connectivity index (χ0) is 16.2. The number of carboxylic acid groups (broad SMARTS) is 1. The highest BCUT2D eigenvalue weighted by Crippen LogP contribution is 2.35. The number of rotatable bonds is 5. The minimum Gasteiger partial charge on any atom is -0.497 e. The second-order valence-electron chi connectivity index (χ2n) is 5.84. The molecule has 2 aromatic rings. The first-order valence-corrected chi connectivity index (χ1v) is 8.71. The van der Waals surface area contributed by atoms with Crippen molar-refractivity contribution >= 4 is 17.3 Å². The molecule has 1 aromatic heterocycles. The average molecular weight is 331 g/mol. The van der Waals surface area contributed by atoms with Gasteiger partial charge in [0.15, 0.2) is 0 Å². The number of hydrogen-bond acceptors (Lipinski definition) is 4. The van der Waals surface area contributed by atoms with Crippen LogP contribution < -0.4 is 4.74 Å². The molecular formula is C18H21NO3S. The Balaban J connectivity index is 1.87. The van der Waals surface area contributed by atoms with Gasteiger partial charge in [0, 0.05) is 4.88 Å². The summed E-state index contributed by atoms with van der Waals surface area (Å²) in [7, 11) is 1.68. The molecule has 122 valence electrons. The van der Waals surface area contributed by atoms with E-state index in [0.717, 1.165) is 18.8 Å². The molecule has 0 radical (unpaired) electrons. The molecule has 0 saturated carbocycles. The second-order valence-corrected chi connectivity index (χ2v) is 6.82. The van der Waals surface area contributed by atoms with Crippen molar-refractivity contribution in [1.29, 1.82) is 0 Å². The third-order valence-corrected chi connectivity index (χ3v) is 5.39. The Morgan fingerprint density at radius 2 is 2.09 bits per heavy atom. The first kappa shape index (κ1) is 16.0. The highest BCUT2D eigenvalue weighted by atomic mass is 32.1. The Bertz CT molecular complexity index is 648. The van der Waals surface area contributed by atoms with Gasteiger partial charge in [-0.1, -0.05) is 18.2 Å². The van der Waals surface area contributed by atoms with Gasteiger partial charge < -0.3 is 9.84 Å². The van der Waals surface area contributed by atoms with Crippen molar-refractivity contribution in [1.82, 2.24) is 4.90 Å². The van der Waals surface area contributed by atoms with E-state index < -0.39 is 5.97 Å². The number of nitrogens with zero attached hydrogens (tertiary/aromatic N) is 1. The van der Waals surface area contributed by atoms with Gasteiger partial charge in [0.25, 0.3) is 0 Å². The number of hydrogen-bond donors (Lipinski definition) is 1. The number of likely N-dealkylation sites (tertiary alicyclic amines) is 1. The predicted molar refractivity (Wildman–Crippen MR) is 91.1 cm³/mol. The zero-order valence-electron chi connectivity index (χ0n) is 13.1. The molecule has 1 atom stereocenters. The van der Waals surface area contributed by atoms with Gasteiger partial charge in [-0.15, -0.1) is 11.3 Å². The summed E-state index contributed by atoms with van der Waals surface area (Å²) in [5, 5.41) is 11.3. The number of aliphatic carboxylic acids is 1. The first-order valence-electron chi connectivity index (χ1n) is 7.83. The maximum atomic E-state index is 11.2. The number of benzene rings is 1. The van der Waals surface area contributed by atoms with E-state index in [0.29, 0.717) is 12.8 Å². The highest BCUT2D eigenvalue weighted by molar-refractivity contribution is 7.10. The Kier molecular flexibility index (Phi) is 4.98. The number of ether oxygens (including phenoxy) is 1. The van der Waals surface area contributed by atoms with Crippen molar-refractivity contribution in [2.45, 2.75) is 18.9 Å². The molecule has 0 amide bonds. The molecule has 0 spiro atoms. The quantitative estimate of drug-likeness (QED) is 0.909. The molecule has 4 nitrogen and oxygen atoms in total. The lowest BCUT2D eigenvalue weighted by molar-refractivity contribution is -0.143. The standard InChI is InChI=1S/C18H21NO3S/c1-22-15-5-2-4-14(12-15)17(16-6-3-11-23-16)19-9-7-13(8-10-19)18(20)21/h2-6,11-13,17H,7-10H2,1H3,(H,20,21). The molecule has 1 N–H and O–H groups in total. The lowest BCUT2D eigenvalue weighted by Gasteiger charge is -2.36. The molecule has 1 aliphatic heterocycles. The van der Waals surface area contributed by atoms with Crippen molar-refractivity contribution in [2.24, 2.45) is 5.92 Å². The van der Waals surface area contributed by atoms with Crippen molar-refractivity contribution in [3.05, 3.63) is 52.2 Å². The van der Waals surface area contributed by atoms with Gasteiger partial charge in [0.05, 0.1) is 19.1 Å². The molecule has 3 rings (SSSR count). The SMILES string of the molecule is COc1cccc(C(c2cccs2)N2CCC(C(=O)O)CC2)c1. The number of carboxylic acids is 1. The fourth-order valence-electron chi connectivity index (χ4n) is 3.22. The fraction of sp³-hybridized carbons (Fsp3) is 0.389. The maximum absolute atomic E-state index is 11.2. The summed E-state index contributed by atoms with van der Waals surface area (Å²) < 4.78 is 5.37. The number of carbonyl (C=O) groups is 1. The highest BCUT2D eigenvalue weighted by Gasteiger charge is 2.30. The van der Waals surface area contributed by atoms with Gasteiger partial charge in [-0.2, -0.15) is 0 Å². The maximum Gasteiger partial charge on any atom is 0.306 e. The van der Waals surface area contributed by atoms with E-state index in [4.69, 9.17) is 4.74 Å². The van der Waals surface area contributed by atoms with Crippen LogP contribution in [0, 0.1) is 5.92 Å².